The summed E-state index contributed by atoms with van der Waals surface area (Å²) in [5.41, 5.74) is 2.21. The Hall–Kier alpha value is -1.95. The molecule has 0 aliphatic rings. The Bertz CT molecular complexity index is 794. The van der Waals surface area contributed by atoms with Crippen LogP contribution in [0.1, 0.15) is 16.9 Å². The Morgan fingerprint density at radius 3 is 2.50 bits per heavy atom. The van der Waals surface area contributed by atoms with E-state index < -0.39 is 0 Å². The van der Waals surface area contributed by atoms with Crippen LogP contribution in [0.2, 0.25) is 0 Å². The highest BCUT2D eigenvalue weighted by atomic mass is 79.9. The first-order valence-electron chi connectivity index (χ1n) is 8.02. The van der Waals surface area contributed by atoms with E-state index in [0.29, 0.717) is 31.2 Å². The van der Waals surface area contributed by atoms with E-state index in [1.807, 2.05) is 54.6 Å². The van der Waals surface area contributed by atoms with E-state index in [4.69, 9.17) is 13.9 Å². The third-order valence-corrected chi connectivity index (χ3v) is 4.31. The van der Waals surface area contributed by atoms with Crippen molar-refractivity contribution in [2.75, 3.05) is 7.11 Å². The fourth-order valence-electron chi connectivity index (χ4n) is 2.49. The van der Waals surface area contributed by atoms with E-state index in [2.05, 4.69) is 21.2 Å². The van der Waals surface area contributed by atoms with Gasteiger partial charge in [-0.2, -0.15) is 0 Å². The first-order chi connectivity index (χ1) is 12.3. The Balaban J connectivity index is 0.00000243. The van der Waals surface area contributed by atoms with Gasteiger partial charge in [0.1, 0.15) is 12.4 Å². The van der Waals surface area contributed by atoms with Gasteiger partial charge < -0.3 is 19.2 Å². The SMILES string of the molecule is COc1cc(CNCc2ccco2)cc(Br)c1OCc1ccccc1.Cl. The molecule has 0 saturated heterocycles. The highest BCUT2D eigenvalue weighted by molar-refractivity contribution is 9.10. The topological polar surface area (TPSA) is 43.6 Å². The average Bonchev–Trinajstić information content (AvgIpc) is 3.15. The minimum atomic E-state index is 0. The molecular formula is C20H21BrClNO3. The van der Waals surface area contributed by atoms with Gasteiger partial charge in [0.15, 0.2) is 11.5 Å². The van der Waals surface area contributed by atoms with Gasteiger partial charge in [0.05, 0.1) is 24.4 Å². The molecule has 1 N–H and O–H groups in total. The molecule has 0 bridgehead atoms. The molecule has 0 unspecified atom stereocenters. The molecule has 0 spiro atoms. The van der Waals surface area contributed by atoms with Crippen LogP contribution >= 0.6 is 28.3 Å². The minimum absolute atomic E-state index is 0. The molecule has 1 aromatic heterocycles. The molecule has 0 saturated carbocycles. The van der Waals surface area contributed by atoms with Crippen LogP contribution in [0.5, 0.6) is 11.5 Å². The maximum atomic E-state index is 5.96. The molecule has 0 fully saturated rings. The molecule has 0 atom stereocenters. The zero-order valence-corrected chi connectivity index (χ0v) is 16.8. The van der Waals surface area contributed by atoms with Crippen molar-refractivity contribution in [1.82, 2.24) is 5.32 Å². The molecule has 0 radical (unpaired) electrons. The number of nitrogens with one attached hydrogen (secondary N) is 1. The number of hydrogen-bond donors (Lipinski definition) is 1. The zero-order valence-electron chi connectivity index (χ0n) is 14.4. The monoisotopic (exact) mass is 437 g/mol. The number of benzene rings is 2. The summed E-state index contributed by atoms with van der Waals surface area (Å²) in [6.45, 7) is 1.87. The average molecular weight is 439 g/mol. The lowest BCUT2D eigenvalue weighted by molar-refractivity contribution is 0.282. The van der Waals surface area contributed by atoms with Crippen molar-refractivity contribution in [2.24, 2.45) is 0 Å². The van der Waals surface area contributed by atoms with Crippen LogP contribution in [0.25, 0.3) is 0 Å². The molecular weight excluding hydrogens is 418 g/mol. The molecule has 0 aliphatic carbocycles. The molecule has 6 heteroatoms. The smallest absolute Gasteiger partial charge is 0.175 e. The molecule has 138 valence electrons. The fourth-order valence-corrected chi connectivity index (χ4v) is 3.09. The van der Waals surface area contributed by atoms with Gasteiger partial charge in [-0.05, 0) is 51.3 Å². The molecule has 3 rings (SSSR count). The highest BCUT2D eigenvalue weighted by Gasteiger charge is 2.12. The molecule has 0 aliphatic heterocycles. The van der Waals surface area contributed by atoms with Crippen molar-refractivity contribution in [3.63, 3.8) is 0 Å². The van der Waals surface area contributed by atoms with Gasteiger partial charge >= 0.3 is 0 Å². The Kier molecular flexibility index (Phi) is 8.04. The van der Waals surface area contributed by atoms with Crippen molar-refractivity contribution < 1.29 is 13.9 Å². The predicted octanol–water partition coefficient (Wildman–Crippen LogP) is 5.34. The predicted molar refractivity (Wildman–Crippen MR) is 108 cm³/mol. The molecule has 26 heavy (non-hydrogen) atoms. The van der Waals surface area contributed by atoms with E-state index >= 15 is 0 Å². The lowest BCUT2D eigenvalue weighted by atomic mass is 10.2. The summed E-state index contributed by atoms with van der Waals surface area (Å²) in [5, 5.41) is 3.35. The van der Waals surface area contributed by atoms with Crippen molar-refractivity contribution in [3.8, 4) is 11.5 Å². The second-order valence-corrected chi connectivity index (χ2v) is 6.42. The Morgan fingerprint density at radius 2 is 1.81 bits per heavy atom. The summed E-state index contributed by atoms with van der Waals surface area (Å²) in [7, 11) is 1.65. The fraction of sp³-hybridized carbons (Fsp3) is 0.200. The van der Waals surface area contributed by atoms with Crippen molar-refractivity contribution in [1.29, 1.82) is 0 Å². The van der Waals surface area contributed by atoms with Gasteiger partial charge in [0, 0.05) is 6.54 Å². The van der Waals surface area contributed by atoms with Gasteiger partial charge in [-0.15, -0.1) is 12.4 Å². The number of methoxy groups -OCH3 is 1. The van der Waals surface area contributed by atoms with Crippen molar-refractivity contribution in [2.45, 2.75) is 19.7 Å². The van der Waals surface area contributed by atoms with Crippen LogP contribution in [0.3, 0.4) is 0 Å². The molecule has 0 amide bonds. The van der Waals surface area contributed by atoms with Crippen LogP contribution < -0.4 is 14.8 Å². The quantitative estimate of drug-likeness (QED) is 0.515. The minimum Gasteiger partial charge on any atom is -0.493 e. The number of ether oxygens (including phenoxy) is 2. The normalized spacial score (nSPS) is 10.2. The molecule has 2 aromatic carbocycles. The van der Waals surface area contributed by atoms with Crippen molar-refractivity contribution >= 4 is 28.3 Å². The second-order valence-electron chi connectivity index (χ2n) is 5.57. The van der Waals surface area contributed by atoms with Crippen LogP contribution in [-0.4, -0.2) is 7.11 Å². The van der Waals surface area contributed by atoms with Gasteiger partial charge in [0.2, 0.25) is 0 Å². The summed E-state index contributed by atoms with van der Waals surface area (Å²) >= 11 is 3.59. The molecule has 3 aromatic rings. The summed E-state index contributed by atoms with van der Waals surface area (Å²) < 4.78 is 17.7. The Morgan fingerprint density at radius 1 is 1.00 bits per heavy atom. The van der Waals surface area contributed by atoms with Crippen LogP contribution in [0, 0.1) is 0 Å². The summed E-state index contributed by atoms with van der Waals surface area (Å²) in [6.07, 6.45) is 1.68. The van der Waals surface area contributed by atoms with Gasteiger partial charge in [0.25, 0.3) is 0 Å². The number of halogens is 2. The lowest BCUT2D eigenvalue weighted by Crippen LogP contribution is -2.12. The zero-order chi connectivity index (χ0) is 17.5. The van der Waals surface area contributed by atoms with E-state index in [1.54, 1.807) is 13.4 Å². The lowest BCUT2D eigenvalue weighted by Gasteiger charge is -2.15. The third kappa shape index (κ3) is 5.53. The van der Waals surface area contributed by atoms with E-state index in [9.17, 15) is 0 Å². The Labute approximate surface area is 168 Å². The van der Waals surface area contributed by atoms with E-state index in [0.717, 1.165) is 21.4 Å². The van der Waals surface area contributed by atoms with Crippen LogP contribution in [-0.2, 0) is 19.7 Å². The van der Waals surface area contributed by atoms with Crippen LogP contribution in [0.15, 0.2) is 69.8 Å². The standard InChI is InChI=1S/C20H20BrNO3.ClH/c1-23-19-11-16(12-22-13-17-8-5-9-24-17)10-18(21)20(19)25-14-15-6-3-2-4-7-15;/h2-11,22H,12-14H2,1H3;1H. The third-order valence-electron chi connectivity index (χ3n) is 3.72. The largest absolute Gasteiger partial charge is 0.493 e. The van der Waals surface area contributed by atoms with E-state index in [-0.39, 0.29) is 12.4 Å². The summed E-state index contributed by atoms with van der Waals surface area (Å²) in [5.74, 6) is 2.33. The summed E-state index contributed by atoms with van der Waals surface area (Å²) in [4.78, 5) is 0. The molecule has 4 nitrogen and oxygen atoms in total. The number of rotatable bonds is 8. The van der Waals surface area contributed by atoms with Crippen LogP contribution in [0.4, 0.5) is 0 Å². The van der Waals surface area contributed by atoms with Gasteiger partial charge in [-0.1, -0.05) is 30.3 Å². The maximum Gasteiger partial charge on any atom is 0.175 e. The van der Waals surface area contributed by atoms with Gasteiger partial charge in [-0.3, -0.25) is 0 Å². The second kappa shape index (κ2) is 10.3. The number of hydrogen-bond acceptors (Lipinski definition) is 4. The van der Waals surface area contributed by atoms with Crippen molar-refractivity contribution in [3.05, 3.63) is 82.2 Å². The van der Waals surface area contributed by atoms with E-state index in [1.165, 1.54) is 0 Å². The first-order valence-corrected chi connectivity index (χ1v) is 8.82. The summed E-state index contributed by atoms with van der Waals surface area (Å²) in [6, 6.07) is 17.9. The van der Waals surface area contributed by atoms with Gasteiger partial charge in [-0.25, -0.2) is 0 Å². The number of furan rings is 1. The first kappa shape index (κ1) is 20.4. The molecule has 1 heterocycles. The maximum absolute atomic E-state index is 5.96. The highest BCUT2D eigenvalue weighted by Crippen LogP contribution is 2.37.